The topological polar surface area (TPSA) is 30.5 Å². The van der Waals surface area contributed by atoms with Crippen molar-refractivity contribution in [3.05, 3.63) is 60.7 Å². The van der Waals surface area contributed by atoms with Gasteiger partial charge in [-0.2, -0.15) is 0 Å². The Balaban J connectivity index is 1.14. The summed E-state index contributed by atoms with van der Waals surface area (Å²) in [7, 11) is 0. The van der Waals surface area contributed by atoms with Crippen LogP contribution in [0, 0.1) is 11.8 Å². The number of para-hydroxylation sites is 2. The minimum Gasteiger partial charge on any atom is -0.381 e. The van der Waals surface area contributed by atoms with Crippen LogP contribution in [0.25, 0.3) is 0 Å². The maximum absolute atomic E-state index is 3.63. The van der Waals surface area contributed by atoms with Crippen LogP contribution in [0.5, 0.6) is 0 Å². The first kappa shape index (κ1) is 18.9. The van der Waals surface area contributed by atoms with Crippen LogP contribution in [0.1, 0.15) is 12.8 Å². The Labute approximate surface area is 168 Å². The van der Waals surface area contributed by atoms with Gasteiger partial charge in [0.15, 0.2) is 0 Å². The zero-order valence-electron chi connectivity index (χ0n) is 16.5. The van der Waals surface area contributed by atoms with Gasteiger partial charge in [0.1, 0.15) is 0 Å². The van der Waals surface area contributed by atoms with Crippen LogP contribution in [0.3, 0.4) is 0 Å². The Morgan fingerprint density at radius 3 is 1.54 bits per heavy atom. The van der Waals surface area contributed by atoms with Gasteiger partial charge in [0.2, 0.25) is 0 Å². The first-order valence-corrected chi connectivity index (χ1v) is 10.4. The van der Waals surface area contributed by atoms with Crippen molar-refractivity contribution in [1.82, 2.24) is 9.80 Å². The van der Waals surface area contributed by atoms with Gasteiger partial charge in [-0.05, 0) is 37.1 Å². The maximum Gasteiger partial charge on any atom is 0.0602 e. The van der Waals surface area contributed by atoms with Crippen LogP contribution in [0.2, 0.25) is 0 Å². The summed E-state index contributed by atoms with van der Waals surface area (Å²) in [4.78, 5) is 4.91. The number of anilines is 2. The van der Waals surface area contributed by atoms with Crippen LogP contribution in [-0.4, -0.2) is 61.2 Å². The highest BCUT2D eigenvalue weighted by Crippen LogP contribution is 2.16. The summed E-state index contributed by atoms with van der Waals surface area (Å²) < 4.78 is 0. The van der Waals surface area contributed by atoms with Crippen LogP contribution >= 0.6 is 0 Å². The average molecular weight is 375 g/mol. The van der Waals surface area contributed by atoms with E-state index >= 15 is 0 Å². The van der Waals surface area contributed by atoms with E-state index in [0.29, 0.717) is 12.1 Å². The molecule has 2 N–H and O–H groups in total. The average Bonchev–Trinajstić information content (AvgIpc) is 3.36. The standard InChI is InChI=1S/C24H30N4/c1-3-9-21(10-4-1)25-23-13-17-27(19-23)15-7-8-16-28-18-14-24(20-28)26-22-11-5-2-6-12-22/h1-6,9-12,23-26H,13-20H2/t23-,24+. The van der Waals surface area contributed by atoms with Crippen molar-refractivity contribution in [3.8, 4) is 11.8 Å². The molecule has 2 heterocycles. The van der Waals surface area contributed by atoms with E-state index in [1.807, 2.05) is 0 Å². The quantitative estimate of drug-likeness (QED) is 0.759. The Kier molecular flexibility index (Phi) is 6.49. The minimum atomic E-state index is 0.535. The molecule has 0 radical (unpaired) electrons. The molecule has 2 aromatic carbocycles. The van der Waals surface area contributed by atoms with Crippen molar-refractivity contribution >= 4 is 11.4 Å². The molecule has 0 unspecified atom stereocenters. The highest BCUT2D eigenvalue weighted by atomic mass is 15.2. The molecule has 0 saturated carbocycles. The van der Waals surface area contributed by atoms with E-state index < -0.39 is 0 Å². The third-order valence-electron chi connectivity index (χ3n) is 5.56. The fourth-order valence-electron chi connectivity index (χ4n) is 4.06. The fraction of sp³-hybridized carbons (Fsp3) is 0.417. The smallest absolute Gasteiger partial charge is 0.0602 e. The van der Waals surface area contributed by atoms with Crippen molar-refractivity contribution in [3.63, 3.8) is 0 Å². The SMILES string of the molecule is C(#CCN1CC[C@H](Nc2ccccc2)C1)CN1CC[C@@H](Nc2ccccc2)C1. The van der Waals surface area contributed by atoms with E-state index in [1.165, 1.54) is 24.2 Å². The summed E-state index contributed by atoms with van der Waals surface area (Å²) >= 11 is 0. The number of rotatable bonds is 6. The predicted octanol–water partition coefficient (Wildman–Crippen LogP) is 3.36. The first-order chi connectivity index (χ1) is 13.8. The molecule has 2 aliphatic rings. The lowest BCUT2D eigenvalue weighted by Gasteiger charge is -2.16. The monoisotopic (exact) mass is 374 g/mol. The number of hydrogen-bond donors (Lipinski definition) is 2. The van der Waals surface area contributed by atoms with Gasteiger partial charge in [0.25, 0.3) is 0 Å². The lowest BCUT2D eigenvalue weighted by Crippen LogP contribution is -2.27. The number of hydrogen-bond acceptors (Lipinski definition) is 4. The number of nitrogens with one attached hydrogen (secondary N) is 2. The third kappa shape index (κ3) is 5.51. The van der Waals surface area contributed by atoms with E-state index in [0.717, 1.165) is 39.3 Å². The van der Waals surface area contributed by atoms with E-state index in [9.17, 15) is 0 Å². The predicted molar refractivity (Wildman–Crippen MR) is 118 cm³/mol. The molecule has 28 heavy (non-hydrogen) atoms. The molecule has 2 atom stereocenters. The number of nitrogens with zero attached hydrogens (tertiary/aromatic N) is 2. The van der Waals surface area contributed by atoms with Crippen molar-refractivity contribution in [1.29, 1.82) is 0 Å². The Morgan fingerprint density at radius 1 is 0.679 bits per heavy atom. The van der Waals surface area contributed by atoms with Crippen LogP contribution in [0.15, 0.2) is 60.7 Å². The molecular formula is C24H30N4. The maximum atomic E-state index is 3.63. The number of likely N-dealkylation sites (tertiary alicyclic amines) is 2. The van der Waals surface area contributed by atoms with Gasteiger partial charge < -0.3 is 10.6 Å². The fourth-order valence-corrected chi connectivity index (χ4v) is 4.06. The zero-order chi connectivity index (χ0) is 19.0. The molecule has 0 aliphatic carbocycles. The van der Waals surface area contributed by atoms with E-state index in [1.54, 1.807) is 0 Å². The highest BCUT2D eigenvalue weighted by molar-refractivity contribution is 5.44. The molecule has 2 saturated heterocycles. The lowest BCUT2D eigenvalue weighted by atomic mass is 10.2. The molecule has 0 aromatic heterocycles. The minimum absolute atomic E-state index is 0.535. The van der Waals surface area contributed by atoms with Crippen LogP contribution in [-0.2, 0) is 0 Å². The molecule has 2 aromatic rings. The Morgan fingerprint density at radius 2 is 1.11 bits per heavy atom. The van der Waals surface area contributed by atoms with Gasteiger partial charge in [-0.15, -0.1) is 0 Å². The second kappa shape index (κ2) is 9.64. The first-order valence-electron chi connectivity index (χ1n) is 10.4. The van der Waals surface area contributed by atoms with E-state index in [-0.39, 0.29) is 0 Å². The van der Waals surface area contributed by atoms with Crippen molar-refractivity contribution in [2.45, 2.75) is 24.9 Å². The number of benzene rings is 2. The Bertz CT molecular complexity index is 715. The largest absolute Gasteiger partial charge is 0.381 e. The van der Waals surface area contributed by atoms with Gasteiger partial charge in [-0.3, -0.25) is 9.80 Å². The highest BCUT2D eigenvalue weighted by Gasteiger charge is 2.22. The molecule has 4 heteroatoms. The second-order valence-electron chi connectivity index (χ2n) is 7.82. The summed E-state index contributed by atoms with van der Waals surface area (Å²) in [5.74, 6) is 6.78. The van der Waals surface area contributed by atoms with Crippen LogP contribution in [0.4, 0.5) is 11.4 Å². The molecule has 4 rings (SSSR count). The third-order valence-corrected chi connectivity index (χ3v) is 5.56. The van der Waals surface area contributed by atoms with E-state index in [2.05, 4.69) is 92.9 Å². The molecule has 2 fully saturated rings. The summed E-state index contributed by atoms with van der Waals surface area (Å²) in [6, 6.07) is 22.1. The molecule has 4 nitrogen and oxygen atoms in total. The van der Waals surface area contributed by atoms with Gasteiger partial charge in [0.05, 0.1) is 13.1 Å². The van der Waals surface area contributed by atoms with E-state index in [4.69, 9.17) is 0 Å². The van der Waals surface area contributed by atoms with Gasteiger partial charge in [-0.25, -0.2) is 0 Å². The Hall–Kier alpha value is -2.48. The van der Waals surface area contributed by atoms with Gasteiger partial charge in [0, 0.05) is 49.6 Å². The summed E-state index contributed by atoms with van der Waals surface area (Å²) in [6.07, 6.45) is 2.38. The summed E-state index contributed by atoms with van der Waals surface area (Å²) in [5.41, 5.74) is 2.43. The van der Waals surface area contributed by atoms with Gasteiger partial charge in [-0.1, -0.05) is 48.2 Å². The van der Waals surface area contributed by atoms with Crippen molar-refractivity contribution in [2.24, 2.45) is 0 Å². The summed E-state index contributed by atoms with van der Waals surface area (Å²) in [6.45, 7) is 6.18. The zero-order valence-corrected chi connectivity index (χ0v) is 16.5. The van der Waals surface area contributed by atoms with Crippen molar-refractivity contribution < 1.29 is 0 Å². The summed E-state index contributed by atoms with van der Waals surface area (Å²) in [5, 5.41) is 7.25. The van der Waals surface area contributed by atoms with Gasteiger partial charge >= 0.3 is 0 Å². The lowest BCUT2D eigenvalue weighted by molar-refractivity contribution is 0.373. The second-order valence-corrected chi connectivity index (χ2v) is 7.82. The molecule has 0 amide bonds. The molecule has 0 bridgehead atoms. The normalized spacial score (nSPS) is 22.6. The molecule has 2 aliphatic heterocycles. The van der Waals surface area contributed by atoms with Crippen LogP contribution < -0.4 is 10.6 Å². The molecule has 146 valence electrons. The van der Waals surface area contributed by atoms with Crippen molar-refractivity contribution in [2.75, 3.05) is 49.9 Å². The molecular weight excluding hydrogens is 344 g/mol. The molecule has 0 spiro atoms.